The molecule has 0 saturated heterocycles. The summed E-state index contributed by atoms with van der Waals surface area (Å²) in [6.07, 6.45) is 4.62. The highest BCUT2D eigenvalue weighted by molar-refractivity contribution is 5.38. The standard InChI is InChI=1S/C13H15N3O/c1-16-8-9(7-15-16)13-6-11(14)10-4-2-3-5-12(10)17-13/h2-5,7-8,11,13H,6,14H2,1H3. The number of aromatic nitrogens is 2. The van der Waals surface area contributed by atoms with Gasteiger partial charge in [-0.25, -0.2) is 0 Å². The van der Waals surface area contributed by atoms with Gasteiger partial charge in [-0.15, -0.1) is 0 Å². The number of ether oxygens (including phenoxy) is 1. The highest BCUT2D eigenvalue weighted by Crippen LogP contribution is 2.39. The van der Waals surface area contributed by atoms with Crippen LogP contribution in [0, 0.1) is 0 Å². The molecule has 1 aliphatic rings. The van der Waals surface area contributed by atoms with Crippen molar-refractivity contribution < 1.29 is 4.74 Å². The van der Waals surface area contributed by atoms with Gasteiger partial charge in [-0.3, -0.25) is 4.68 Å². The summed E-state index contributed by atoms with van der Waals surface area (Å²) in [5, 5.41) is 4.17. The maximum atomic E-state index is 6.17. The van der Waals surface area contributed by atoms with Crippen LogP contribution >= 0.6 is 0 Å². The second-order valence-electron chi connectivity index (χ2n) is 4.43. The van der Waals surface area contributed by atoms with Gasteiger partial charge in [0.2, 0.25) is 0 Å². The molecule has 1 aromatic heterocycles. The van der Waals surface area contributed by atoms with Crippen LogP contribution in [0.4, 0.5) is 0 Å². The number of aryl methyl sites for hydroxylation is 1. The van der Waals surface area contributed by atoms with E-state index < -0.39 is 0 Å². The summed E-state index contributed by atoms with van der Waals surface area (Å²) in [6.45, 7) is 0. The van der Waals surface area contributed by atoms with Gasteiger partial charge in [0.05, 0.1) is 6.20 Å². The second kappa shape index (κ2) is 3.89. The smallest absolute Gasteiger partial charge is 0.129 e. The van der Waals surface area contributed by atoms with Gasteiger partial charge in [0.1, 0.15) is 11.9 Å². The monoisotopic (exact) mass is 229 g/mol. The maximum Gasteiger partial charge on any atom is 0.129 e. The number of para-hydroxylation sites is 1. The van der Waals surface area contributed by atoms with E-state index in [2.05, 4.69) is 5.10 Å². The molecule has 88 valence electrons. The van der Waals surface area contributed by atoms with Crippen LogP contribution in [0.3, 0.4) is 0 Å². The Labute approximate surface area is 100 Å². The molecule has 0 spiro atoms. The van der Waals surface area contributed by atoms with E-state index in [1.807, 2.05) is 43.7 Å². The number of fused-ring (bicyclic) bond motifs is 1. The molecule has 0 radical (unpaired) electrons. The molecule has 1 aliphatic heterocycles. The third kappa shape index (κ3) is 1.80. The van der Waals surface area contributed by atoms with Crippen molar-refractivity contribution in [2.75, 3.05) is 0 Å². The van der Waals surface area contributed by atoms with Crippen molar-refractivity contribution in [1.82, 2.24) is 9.78 Å². The summed E-state index contributed by atoms with van der Waals surface area (Å²) in [5.74, 6) is 0.889. The lowest BCUT2D eigenvalue weighted by molar-refractivity contribution is 0.161. The lowest BCUT2D eigenvalue weighted by Gasteiger charge is -2.29. The number of rotatable bonds is 1. The second-order valence-corrected chi connectivity index (χ2v) is 4.43. The molecule has 2 heterocycles. The summed E-state index contributed by atoms with van der Waals surface area (Å²) in [6, 6.07) is 7.99. The van der Waals surface area contributed by atoms with Crippen LogP contribution in [0.15, 0.2) is 36.7 Å². The van der Waals surface area contributed by atoms with Gasteiger partial charge in [0.15, 0.2) is 0 Å². The molecule has 2 N–H and O–H groups in total. The van der Waals surface area contributed by atoms with E-state index in [1.54, 1.807) is 4.68 Å². The van der Waals surface area contributed by atoms with Gasteiger partial charge in [-0.2, -0.15) is 5.10 Å². The maximum absolute atomic E-state index is 6.17. The first-order valence-electron chi connectivity index (χ1n) is 5.74. The summed E-state index contributed by atoms with van der Waals surface area (Å²) in [4.78, 5) is 0. The van der Waals surface area contributed by atoms with E-state index in [0.29, 0.717) is 0 Å². The summed E-state index contributed by atoms with van der Waals surface area (Å²) in [5.41, 5.74) is 8.35. The Morgan fingerprint density at radius 2 is 2.24 bits per heavy atom. The molecule has 0 saturated carbocycles. The first-order chi connectivity index (χ1) is 8.24. The van der Waals surface area contributed by atoms with Gasteiger partial charge >= 0.3 is 0 Å². The van der Waals surface area contributed by atoms with Crippen LogP contribution in [-0.2, 0) is 7.05 Å². The molecule has 17 heavy (non-hydrogen) atoms. The molecule has 4 heteroatoms. The predicted molar refractivity (Wildman–Crippen MR) is 64.6 cm³/mol. The molecule has 0 bridgehead atoms. The number of nitrogens with zero attached hydrogens (tertiary/aromatic N) is 2. The van der Waals surface area contributed by atoms with E-state index in [0.717, 1.165) is 23.3 Å². The zero-order valence-electron chi connectivity index (χ0n) is 9.71. The molecule has 0 fully saturated rings. The Balaban J connectivity index is 1.93. The predicted octanol–water partition coefficient (Wildman–Crippen LogP) is 1.94. The third-order valence-corrected chi connectivity index (χ3v) is 3.15. The zero-order chi connectivity index (χ0) is 11.8. The largest absolute Gasteiger partial charge is 0.485 e. The minimum atomic E-state index is 0.00796. The fraction of sp³-hybridized carbons (Fsp3) is 0.308. The lowest BCUT2D eigenvalue weighted by atomic mass is 9.95. The molecule has 2 unspecified atom stereocenters. The van der Waals surface area contributed by atoms with E-state index >= 15 is 0 Å². The molecular weight excluding hydrogens is 214 g/mol. The van der Waals surface area contributed by atoms with E-state index in [4.69, 9.17) is 10.5 Å². The van der Waals surface area contributed by atoms with Crippen LogP contribution in [0.2, 0.25) is 0 Å². The van der Waals surface area contributed by atoms with Gasteiger partial charge in [-0.1, -0.05) is 18.2 Å². The molecule has 0 aliphatic carbocycles. The highest BCUT2D eigenvalue weighted by atomic mass is 16.5. The first-order valence-corrected chi connectivity index (χ1v) is 5.74. The van der Waals surface area contributed by atoms with Crippen molar-refractivity contribution in [3.8, 4) is 5.75 Å². The van der Waals surface area contributed by atoms with Crippen molar-refractivity contribution in [1.29, 1.82) is 0 Å². The molecular formula is C13H15N3O. The molecule has 3 rings (SSSR count). The summed E-state index contributed by atoms with van der Waals surface area (Å²) >= 11 is 0. The average molecular weight is 229 g/mol. The topological polar surface area (TPSA) is 53.1 Å². The number of hydrogen-bond acceptors (Lipinski definition) is 3. The van der Waals surface area contributed by atoms with Crippen LogP contribution < -0.4 is 10.5 Å². The minimum absolute atomic E-state index is 0.00796. The average Bonchev–Trinajstić information content (AvgIpc) is 2.76. The van der Waals surface area contributed by atoms with Gasteiger partial charge in [-0.05, 0) is 6.07 Å². The molecule has 1 aromatic carbocycles. The molecule has 2 aromatic rings. The minimum Gasteiger partial charge on any atom is -0.485 e. The Hall–Kier alpha value is -1.81. The number of nitrogens with two attached hydrogens (primary N) is 1. The Bertz CT molecular complexity index is 535. The SMILES string of the molecule is Cn1cc(C2CC(N)c3ccccc3O2)cn1. The van der Waals surface area contributed by atoms with Gasteiger partial charge in [0.25, 0.3) is 0 Å². The zero-order valence-corrected chi connectivity index (χ0v) is 9.71. The summed E-state index contributed by atoms with van der Waals surface area (Å²) < 4.78 is 7.75. The van der Waals surface area contributed by atoms with Crippen LogP contribution in [0.5, 0.6) is 5.75 Å². The van der Waals surface area contributed by atoms with Crippen LogP contribution in [0.25, 0.3) is 0 Å². The van der Waals surface area contributed by atoms with Crippen molar-refractivity contribution in [2.45, 2.75) is 18.6 Å². The fourth-order valence-electron chi connectivity index (χ4n) is 2.26. The third-order valence-electron chi connectivity index (χ3n) is 3.15. The van der Waals surface area contributed by atoms with Crippen LogP contribution in [-0.4, -0.2) is 9.78 Å². The Kier molecular flexibility index (Phi) is 2.37. The normalized spacial score (nSPS) is 22.9. The van der Waals surface area contributed by atoms with Crippen molar-refractivity contribution in [2.24, 2.45) is 12.8 Å². The Morgan fingerprint density at radius 1 is 1.41 bits per heavy atom. The van der Waals surface area contributed by atoms with Crippen molar-refractivity contribution in [3.63, 3.8) is 0 Å². The number of hydrogen-bond donors (Lipinski definition) is 1. The van der Waals surface area contributed by atoms with Gasteiger partial charge in [0, 0.05) is 36.8 Å². The van der Waals surface area contributed by atoms with E-state index in [1.165, 1.54) is 0 Å². The van der Waals surface area contributed by atoms with Crippen molar-refractivity contribution in [3.05, 3.63) is 47.8 Å². The lowest BCUT2D eigenvalue weighted by Crippen LogP contribution is -2.23. The quantitative estimate of drug-likeness (QED) is 0.813. The molecule has 2 atom stereocenters. The molecule has 0 amide bonds. The molecule has 4 nitrogen and oxygen atoms in total. The fourth-order valence-corrected chi connectivity index (χ4v) is 2.26. The van der Waals surface area contributed by atoms with E-state index in [-0.39, 0.29) is 12.1 Å². The summed E-state index contributed by atoms with van der Waals surface area (Å²) in [7, 11) is 1.90. The highest BCUT2D eigenvalue weighted by Gasteiger charge is 2.27. The van der Waals surface area contributed by atoms with Gasteiger partial charge < -0.3 is 10.5 Å². The van der Waals surface area contributed by atoms with E-state index in [9.17, 15) is 0 Å². The Morgan fingerprint density at radius 3 is 3.00 bits per heavy atom. The number of benzene rings is 1. The first kappa shape index (κ1) is 10.4. The van der Waals surface area contributed by atoms with Crippen LogP contribution in [0.1, 0.15) is 29.7 Å². The van der Waals surface area contributed by atoms with Crippen molar-refractivity contribution >= 4 is 0 Å².